The molecular weight excluding hydrogens is 586 g/mol. The molecule has 214 valence electrons. The Morgan fingerprint density at radius 2 is 1.98 bits per heavy atom. The SMILES string of the molecule is CC1=C(C(=O)OC(C)C)[C@H](c2cccc([N+](=O)[O-])c2)n2c(s/c(=C\c3ccc(-c4cc(C(=O)O)ccc4Cl)o3)c2=O)=N1. The smallest absolute Gasteiger partial charge is 0.338 e. The molecule has 2 aromatic carbocycles. The summed E-state index contributed by atoms with van der Waals surface area (Å²) in [4.78, 5) is 54.2. The van der Waals surface area contributed by atoms with Crippen molar-refractivity contribution >= 4 is 46.6 Å². The first-order chi connectivity index (χ1) is 19.9. The van der Waals surface area contributed by atoms with Gasteiger partial charge in [0.05, 0.1) is 43.5 Å². The second-order valence-corrected chi connectivity index (χ2v) is 11.0. The largest absolute Gasteiger partial charge is 0.478 e. The van der Waals surface area contributed by atoms with Gasteiger partial charge in [0.1, 0.15) is 11.5 Å². The minimum absolute atomic E-state index is 0.0315. The molecule has 4 aromatic rings. The predicted molar refractivity (Wildman–Crippen MR) is 154 cm³/mol. The van der Waals surface area contributed by atoms with Crippen LogP contribution in [-0.4, -0.2) is 32.6 Å². The lowest BCUT2D eigenvalue weighted by Crippen LogP contribution is -2.40. The maximum absolute atomic E-state index is 13.8. The summed E-state index contributed by atoms with van der Waals surface area (Å²) in [6.07, 6.45) is 1.05. The number of nitrogens with zero attached hydrogens (tertiary/aromatic N) is 3. The molecule has 0 bridgehead atoms. The number of benzene rings is 2. The molecule has 0 spiro atoms. The van der Waals surface area contributed by atoms with Crippen LogP contribution in [-0.2, 0) is 9.53 Å². The Hall–Kier alpha value is -4.81. The highest BCUT2D eigenvalue weighted by Crippen LogP contribution is 2.33. The number of fused-ring (bicyclic) bond motifs is 1. The van der Waals surface area contributed by atoms with Crippen molar-refractivity contribution < 1.29 is 28.8 Å². The molecule has 0 radical (unpaired) electrons. The Morgan fingerprint density at radius 1 is 1.21 bits per heavy atom. The first kappa shape index (κ1) is 28.7. The number of carbonyl (C=O) groups is 2. The fourth-order valence-corrected chi connectivity index (χ4v) is 5.77. The number of carbonyl (C=O) groups excluding carboxylic acids is 1. The minimum Gasteiger partial charge on any atom is -0.478 e. The summed E-state index contributed by atoms with van der Waals surface area (Å²) in [5.74, 6) is -1.22. The van der Waals surface area contributed by atoms with Gasteiger partial charge in [0.2, 0.25) is 0 Å². The van der Waals surface area contributed by atoms with Crippen molar-refractivity contribution in [3.05, 3.63) is 118 Å². The van der Waals surface area contributed by atoms with Gasteiger partial charge in [0.25, 0.3) is 11.2 Å². The van der Waals surface area contributed by atoms with E-state index in [9.17, 15) is 29.6 Å². The number of hydrogen-bond acceptors (Lipinski definition) is 9. The average molecular weight is 608 g/mol. The van der Waals surface area contributed by atoms with E-state index >= 15 is 0 Å². The number of aromatic nitrogens is 1. The van der Waals surface area contributed by atoms with E-state index in [2.05, 4.69) is 4.99 Å². The molecule has 3 heterocycles. The van der Waals surface area contributed by atoms with Crippen molar-refractivity contribution in [1.29, 1.82) is 0 Å². The predicted octanol–water partition coefficient (Wildman–Crippen LogP) is 4.71. The number of nitro groups is 1. The van der Waals surface area contributed by atoms with Crippen LogP contribution in [0.1, 0.15) is 48.5 Å². The lowest BCUT2D eigenvalue weighted by atomic mass is 9.95. The molecule has 1 atom stereocenters. The van der Waals surface area contributed by atoms with Crippen LogP contribution in [0.4, 0.5) is 5.69 Å². The van der Waals surface area contributed by atoms with Crippen molar-refractivity contribution in [2.24, 2.45) is 4.99 Å². The Kier molecular flexibility index (Phi) is 7.67. The molecule has 13 heteroatoms. The molecule has 1 aliphatic heterocycles. The topological polar surface area (TPSA) is 154 Å². The number of allylic oxidation sites excluding steroid dienone is 1. The zero-order valence-corrected chi connectivity index (χ0v) is 23.9. The number of rotatable bonds is 7. The first-order valence-corrected chi connectivity index (χ1v) is 13.7. The van der Waals surface area contributed by atoms with Gasteiger partial charge in [0.15, 0.2) is 4.80 Å². The van der Waals surface area contributed by atoms with E-state index in [4.69, 9.17) is 20.8 Å². The number of carboxylic acids is 1. The summed E-state index contributed by atoms with van der Waals surface area (Å²) in [5, 5.41) is 21.1. The quantitative estimate of drug-likeness (QED) is 0.180. The van der Waals surface area contributed by atoms with Gasteiger partial charge in [-0.1, -0.05) is 35.1 Å². The molecule has 0 fully saturated rings. The summed E-state index contributed by atoms with van der Waals surface area (Å²) in [7, 11) is 0. The van der Waals surface area contributed by atoms with E-state index in [0.29, 0.717) is 22.6 Å². The number of thiazole rings is 1. The van der Waals surface area contributed by atoms with Crippen molar-refractivity contribution in [2.75, 3.05) is 0 Å². The molecule has 0 aliphatic carbocycles. The Balaban J connectivity index is 1.65. The van der Waals surface area contributed by atoms with Gasteiger partial charge < -0.3 is 14.3 Å². The van der Waals surface area contributed by atoms with Crippen molar-refractivity contribution in [3.8, 4) is 11.3 Å². The van der Waals surface area contributed by atoms with Gasteiger partial charge in [-0.3, -0.25) is 19.5 Å². The first-order valence-electron chi connectivity index (χ1n) is 12.6. The Bertz CT molecular complexity index is 1990. The van der Waals surface area contributed by atoms with Crippen LogP contribution in [0.15, 0.2) is 80.1 Å². The minimum atomic E-state index is -1.12. The maximum atomic E-state index is 13.8. The monoisotopic (exact) mass is 607 g/mol. The highest BCUT2D eigenvalue weighted by molar-refractivity contribution is 7.07. The molecule has 1 aliphatic rings. The van der Waals surface area contributed by atoms with Crippen LogP contribution >= 0.6 is 22.9 Å². The van der Waals surface area contributed by atoms with E-state index in [1.54, 1.807) is 39.0 Å². The lowest BCUT2D eigenvalue weighted by Gasteiger charge is -2.25. The zero-order valence-electron chi connectivity index (χ0n) is 22.4. The van der Waals surface area contributed by atoms with Crippen LogP contribution in [0.25, 0.3) is 17.4 Å². The van der Waals surface area contributed by atoms with Crippen LogP contribution in [0, 0.1) is 10.1 Å². The molecule has 11 nitrogen and oxygen atoms in total. The van der Waals surface area contributed by atoms with E-state index in [0.717, 1.165) is 11.3 Å². The number of furan rings is 1. The molecular formula is C29H22ClN3O8S. The summed E-state index contributed by atoms with van der Waals surface area (Å²) in [6.45, 7) is 4.99. The van der Waals surface area contributed by atoms with E-state index in [-0.39, 0.29) is 36.9 Å². The summed E-state index contributed by atoms with van der Waals surface area (Å²) >= 11 is 7.33. The van der Waals surface area contributed by atoms with Gasteiger partial charge in [-0.15, -0.1) is 0 Å². The van der Waals surface area contributed by atoms with E-state index in [1.165, 1.54) is 47.0 Å². The normalized spacial score (nSPS) is 15.0. The third-order valence-corrected chi connectivity index (χ3v) is 7.67. The van der Waals surface area contributed by atoms with Crippen molar-refractivity contribution in [2.45, 2.75) is 32.9 Å². The third-order valence-electron chi connectivity index (χ3n) is 6.36. The second kappa shape index (κ2) is 11.2. The molecule has 5 rings (SSSR count). The van der Waals surface area contributed by atoms with Gasteiger partial charge in [0, 0.05) is 23.8 Å². The maximum Gasteiger partial charge on any atom is 0.338 e. The number of halogens is 1. The van der Waals surface area contributed by atoms with E-state index < -0.39 is 34.6 Å². The van der Waals surface area contributed by atoms with Crippen molar-refractivity contribution in [1.82, 2.24) is 4.57 Å². The van der Waals surface area contributed by atoms with Gasteiger partial charge >= 0.3 is 11.9 Å². The molecule has 0 unspecified atom stereocenters. The fourth-order valence-electron chi connectivity index (χ4n) is 4.54. The average Bonchev–Trinajstić information content (AvgIpc) is 3.51. The van der Waals surface area contributed by atoms with Crippen LogP contribution in [0.2, 0.25) is 5.02 Å². The number of non-ortho nitro benzene ring substituents is 1. The number of ether oxygens (including phenoxy) is 1. The molecule has 2 aromatic heterocycles. The van der Waals surface area contributed by atoms with Gasteiger partial charge in [-0.2, -0.15) is 0 Å². The zero-order chi connectivity index (χ0) is 30.3. The molecule has 0 saturated carbocycles. The third kappa shape index (κ3) is 5.41. The van der Waals surface area contributed by atoms with Crippen LogP contribution in [0.5, 0.6) is 0 Å². The Morgan fingerprint density at radius 3 is 2.67 bits per heavy atom. The van der Waals surface area contributed by atoms with Crippen molar-refractivity contribution in [3.63, 3.8) is 0 Å². The van der Waals surface area contributed by atoms with Crippen LogP contribution in [0.3, 0.4) is 0 Å². The van der Waals surface area contributed by atoms with Crippen LogP contribution < -0.4 is 14.9 Å². The standard InChI is InChI=1S/C29H22ClN3O8S/c1-14(2)40-28(37)24-15(3)31-29-32(25(24)16-5-4-6-18(11-16)33(38)39)26(34)23(42-29)13-19-8-10-22(41-19)20-12-17(27(35)36)7-9-21(20)30/h4-14,25H,1-3H3,(H,35,36)/b23-13-/t25-/m0/s1. The van der Waals surface area contributed by atoms with Gasteiger partial charge in [-0.25, -0.2) is 14.6 Å². The molecule has 0 saturated heterocycles. The molecule has 0 amide bonds. The number of hydrogen-bond donors (Lipinski definition) is 1. The second-order valence-electron chi connectivity index (χ2n) is 9.59. The summed E-state index contributed by atoms with van der Waals surface area (Å²) < 4.78 is 12.9. The highest BCUT2D eigenvalue weighted by Gasteiger charge is 2.34. The molecule has 1 N–H and O–H groups in total. The lowest BCUT2D eigenvalue weighted by molar-refractivity contribution is -0.384. The summed E-state index contributed by atoms with van der Waals surface area (Å²) in [5.41, 5.74) is 0.456. The van der Waals surface area contributed by atoms with E-state index in [1.807, 2.05) is 0 Å². The number of aromatic carboxylic acids is 1. The highest BCUT2D eigenvalue weighted by atomic mass is 35.5. The number of carboxylic acid groups (broad SMARTS) is 1. The van der Waals surface area contributed by atoms with Gasteiger partial charge in [-0.05, 0) is 56.7 Å². The number of nitro benzene ring substituents is 1. The Labute approximate surface area is 246 Å². The summed E-state index contributed by atoms with van der Waals surface area (Å²) in [6, 6.07) is 12.1. The fraction of sp³-hybridized carbons (Fsp3) is 0.172. The number of esters is 1. The molecule has 42 heavy (non-hydrogen) atoms.